The number of thioether (sulfide) groups is 1. The average molecular weight is 275 g/mol. The minimum absolute atomic E-state index is 1.01. The van der Waals surface area contributed by atoms with E-state index in [0.717, 1.165) is 31.8 Å². The summed E-state index contributed by atoms with van der Waals surface area (Å²) in [6.45, 7) is 5.16. The summed E-state index contributed by atoms with van der Waals surface area (Å²) in [6.07, 6.45) is 5.10. The second kappa shape index (κ2) is 8.02. The Labute approximate surface area is 119 Å². The third kappa shape index (κ3) is 5.09. The first-order valence-electron chi connectivity index (χ1n) is 6.77. The van der Waals surface area contributed by atoms with E-state index in [1.54, 1.807) is 0 Å². The van der Waals surface area contributed by atoms with Gasteiger partial charge in [-0.05, 0) is 18.7 Å². The van der Waals surface area contributed by atoms with Crippen molar-refractivity contribution in [2.45, 2.75) is 24.8 Å². The quantitative estimate of drug-likeness (QED) is 0.593. The van der Waals surface area contributed by atoms with E-state index in [4.69, 9.17) is 0 Å². The molecule has 0 unspecified atom stereocenters. The van der Waals surface area contributed by atoms with Gasteiger partial charge in [-0.2, -0.15) is 0 Å². The number of rotatable bonds is 8. The summed E-state index contributed by atoms with van der Waals surface area (Å²) in [6, 6.07) is 10.5. The molecule has 3 nitrogen and oxygen atoms in total. The van der Waals surface area contributed by atoms with Gasteiger partial charge in [0.2, 0.25) is 0 Å². The maximum absolute atomic E-state index is 4.43. The van der Waals surface area contributed by atoms with Crippen LogP contribution in [0.3, 0.4) is 0 Å². The molecule has 1 aromatic carbocycles. The molecule has 1 heterocycles. The lowest BCUT2D eigenvalue weighted by atomic mass is 10.3. The van der Waals surface area contributed by atoms with Gasteiger partial charge in [0, 0.05) is 36.4 Å². The Morgan fingerprint density at radius 1 is 1.26 bits per heavy atom. The summed E-state index contributed by atoms with van der Waals surface area (Å²) in [5, 5.41) is 3.32. The monoisotopic (exact) mass is 275 g/mol. The van der Waals surface area contributed by atoms with Gasteiger partial charge in [-0.25, -0.2) is 4.98 Å². The third-order valence-corrected chi connectivity index (χ3v) is 3.85. The molecule has 0 aliphatic carbocycles. The Hall–Kier alpha value is -1.26. The molecule has 2 aromatic rings. The zero-order valence-electron chi connectivity index (χ0n) is 11.4. The van der Waals surface area contributed by atoms with Crippen LogP contribution in [-0.4, -0.2) is 28.4 Å². The lowest BCUT2D eigenvalue weighted by Gasteiger charge is -2.02. The molecule has 0 aliphatic rings. The van der Waals surface area contributed by atoms with Crippen LogP contribution in [0.15, 0.2) is 47.8 Å². The molecule has 4 heteroatoms. The van der Waals surface area contributed by atoms with Crippen molar-refractivity contribution in [1.29, 1.82) is 0 Å². The van der Waals surface area contributed by atoms with Gasteiger partial charge in [-0.3, -0.25) is 0 Å². The van der Waals surface area contributed by atoms with Crippen LogP contribution < -0.4 is 5.32 Å². The Bertz CT molecular complexity index is 467. The summed E-state index contributed by atoms with van der Waals surface area (Å²) in [4.78, 5) is 5.76. The van der Waals surface area contributed by atoms with Crippen molar-refractivity contribution < 1.29 is 0 Å². The number of hydrogen-bond donors (Lipinski definition) is 1. The first kappa shape index (κ1) is 14.2. The van der Waals surface area contributed by atoms with Gasteiger partial charge in [0.15, 0.2) is 0 Å². The van der Waals surface area contributed by atoms with Crippen LogP contribution in [0.4, 0.5) is 0 Å². The van der Waals surface area contributed by atoms with Gasteiger partial charge in [-0.1, -0.05) is 25.1 Å². The summed E-state index contributed by atoms with van der Waals surface area (Å²) in [5.41, 5.74) is 1.17. The van der Waals surface area contributed by atoms with Gasteiger partial charge >= 0.3 is 0 Å². The molecule has 0 radical (unpaired) electrons. The Morgan fingerprint density at radius 3 is 2.89 bits per heavy atom. The molecule has 1 aromatic heterocycles. The fourth-order valence-electron chi connectivity index (χ4n) is 1.84. The van der Waals surface area contributed by atoms with Crippen molar-refractivity contribution in [2.24, 2.45) is 0 Å². The Kier molecular flexibility index (Phi) is 5.98. The molecule has 2 rings (SSSR count). The van der Waals surface area contributed by atoms with E-state index in [1.165, 1.54) is 10.6 Å². The maximum atomic E-state index is 4.43. The summed E-state index contributed by atoms with van der Waals surface area (Å²) in [5.74, 6) is 1.08. The minimum atomic E-state index is 1.01. The molecule has 102 valence electrons. The van der Waals surface area contributed by atoms with Gasteiger partial charge in [-0.15, -0.1) is 11.8 Å². The van der Waals surface area contributed by atoms with Crippen molar-refractivity contribution in [3.8, 4) is 0 Å². The van der Waals surface area contributed by atoms with Crippen LogP contribution in [0.1, 0.15) is 12.6 Å². The number of aryl methyl sites for hydroxylation is 1. The molecular weight excluding hydrogens is 254 g/mol. The van der Waals surface area contributed by atoms with E-state index in [1.807, 2.05) is 18.1 Å². The minimum Gasteiger partial charge on any atom is -0.336 e. The van der Waals surface area contributed by atoms with Crippen LogP contribution in [0.2, 0.25) is 0 Å². The van der Waals surface area contributed by atoms with Crippen molar-refractivity contribution in [2.75, 3.05) is 18.8 Å². The molecule has 0 amide bonds. The molecule has 0 fully saturated rings. The highest BCUT2D eigenvalue weighted by Crippen LogP contribution is 2.17. The van der Waals surface area contributed by atoms with Gasteiger partial charge in [0.05, 0.1) is 12.0 Å². The van der Waals surface area contributed by atoms with Crippen LogP contribution in [0, 0.1) is 0 Å². The Morgan fingerprint density at radius 2 is 2.11 bits per heavy atom. The Balaban J connectivity index is 1.71. The van der Waals surface area contributed by atoms with Crippen molar-refractivity contribution in [3.05, 3.63) is 48.5 Å². The molecule has 0 saturated carbocycles. The zero-order chi connectivity index (χ0) is 13.3. The topological polar surface area (TPSA) is 29.9 Å². The second-order valence-corrected chi connectivity index (χ2v) is 5.54. The molecular formula is C15H21N3S. The molecule has 0 aliphatic heterocycles. The lowest BCUT2D eigenvalue weighted by Crippen LogP contribution is -2.16. The van der Waals surface area contributed by atoms with E-state index in [9.17, 15) is 0 Å². The van der Waals surface area contributed by atoms with Crippen LogP contribution in [0.25, 0.3) is 0 Å². The van der Waals surface area contributed by atoms with E-state index in [2.05, 4.69) is 58.3 Å². The molecule has 0 atom stereocenters. The number of aromatic nitrogens is 2. The number of nitrogens with zero attached hydrogens (tertiary/aromatic N) is 2. The fourth-order valence-corrected chi connectivity index (χ4v) is 2.72. The maximum Gasteiger partial charge on any atom is 0.0949 e. The zero-order valence-corrected chi connectivity index (χ0v) is 12.2. The van der Waals surface area contributed by atoms with E-state index in [-0.39, 0.29) is 0 Å². The van der Waals surface area contributed by atoms with Gasteiger partial charge < -0.3 is 9.88 Å². The van der Waals surface area contributed by atoms with Crippen molar-refractivity contribution >= 4 is 11.8 Å². The first-order chi connectivity index (χ1) is 9.38. The van der Waals surface area contributed by atoms with E-state index < -0.39 is 0 Å². The van der Waals surface area contributed by atoms with Crippen LogP contribution in [-0.2, 0) is 13.0 Å². The summed E-state index contributed by atoms with van der Waals surface area (Å²) < 4.78 is 2.18. The number of nitrogens with one attached hydrogen (secondary N) is 1. The molecule has 19 heavy (non-hydrogen) atoms. The van der Waals surface area contributed by atoms with Crippen molar-refractivity contribution in [1.82, 2.24) is 14.9 Å². The number of imidazole rings is 1. The van der Waals surface area contributed by atoms with Gasteiger partial charge in [0.25, 0.3) is 0 Å². The average Bonchev–Trinajstić information content (AvgIpc) is 2.88. The van der Waals surface area contributed by atoms with Crippen LogP contribution >= 0.6 is 11.8 Å². The summed E-state index contributed by atoms with van der Waals surface area (Å²) in [7, 11) is 0. The van der Waals surface area contributed by atoms with E-state index >= 15 is 0 Å². The summed E-state index contributed by atoms with van der Waals surface area (Å²) >= 11 is 1.89. The number of benzene rings is 1. The molecule has 0 bridgehead atoms. The first-order valence-corrected chi connectivity index (χ1v) is 7.76. The molecule has 1 N–H and O–H groups in total. The highest BCUT2D eigenvalue weighted by atomic mass is 32.2. The predicted octanol–water partition coefficient (Wildman–Crippen LogP) is 2.83. The normalized spacial score (nSPS) is 10.8. The highest BCUT2D eigenvalue weighted by molar-refractivity contribution is 7.99. The molecule has 0 spiro atoms. The number of likely N-dealkylation sites (N-methyl/N-ethyl adjacent to an activating group) is 1. The van der Waals surface area contributed by atoms with Crippen LogP contribution in [0.5, 0.6) is 0 Å². The standard InChI is InChI=1S/C15H21N3S/c1-2-16-9-8-14-12-18(13-17-14)10-11-19-15-6-4-3-5-7-15/h3-7,12-13,16H,2,8-11H2,1H3. The highest BCUT2D eigenvalue weighted by Gasteiger charge is 1.99. The van der Waals surface area contributed by atoms with Crippen molar-refractivity contribution in [3.63, 3.8) is 0 Å². The SMILES string of the molecule is CCNCCc1cn(CCSc2ccccc2)cn1. The lowest BCUT2D eigenvalue weighted by molar-refractivity contribution is 0.708. The van der Waals surface area contributed by atoms with E-state index in [0.29, 0.717) is 0 Å². The smallest absolute Gasteiger partial charge is 0.0949 e. The van der Waals surface area contributed by atoms with Gasteiger partial charge in [0.1, 0.15) is 0 Å². The third-order valence-electron chi connectivity index (χ3n) is 2.86. The largest absolute Gasteiger partial charge is 0.336 e. The predicted molar refractivity (Wildman–Crippen MR) is 81.6 cm³/mol. The second-order valence-electron chi connectivity index (χ2n) is 4.37. The fraction of sp³-hybridized carbons (Fsp3) is 0.400. The number of hydrogen-bond acceptors (Lipinski definition) is 3. The molecule has 0 saturated heterocycles.